The quantitative estimate of drug-likeness (QED) is 0.617. The SMILES string of the molecule is Cc1ccc(-c2cc(=O)n(CC(O)CN3CCN(C)CC3)c(=O)n2-c2cc(C)cs2)cc1. The highest BCUT2D eigenvalue weighted by molar-refractivity contribution is 7.12. The predicted octanol–water partition coefficient (Wildman–Crippen LogP) is 1.95. The topological polar surface area (TPSA) is 70.7 Å². The van der Waals surface area contributed by atoms with Crippen molar-refractivity contribution in [1.82, 2.24) is 18.9 Å². The third-order valence-corrected chi connectivity index (χ3v) is 6.96. The summed E-state index contributed by atoms with van der Waals surface area (Å²) >= 11 is 1.46. The van der Waals surface area contributed by atoms with Crippen molar-refractivity contribution in [2.45, 2.75) is 26.5 Å². The Balaban J connectivity index is 1.70. The molecule has 1 fully saturated rings. The Labute approximate surface area is 191 Å². The zero-order chi connectivity index (χ0) is 22.8. The van der Waals surface area contributed by atoms with Gasteiger partial charge in [0.1, 0.15) is 5.00 Å². The van der Waals surface area contributed by atoms with Crippen LogP contribution in [0.15, 0.2) is 51.4 Å². The molecule has 0 aliphatic carbocycles. The van der Waals surface area contributed by atoms with E-state index in [9.17, 15) is 14.7 Å². The van der Waals surface area contributed by atoms with Crippen molar-refractivity contribution < 1.29 is 5.11 Å². The Hall–Kier alpha value is -2.52. The van der Waals surface area contributed by atoms with Crippen LogP contribution in [0.25, 0.3) is 16.3 Å². The van der Waals surface area contributed by atoms with Crippen LogP contribution in [0, 0.1) is 13.8 Å². The first-order valence-corrected chi connectivity index (χ1v) is 11.8. The van der Waals surface area contributed by atoms with Crippen molar-refractivity contribution in [3.05, 3.63) is 73.7 Å². The summed E-state index contributed by atoms with van der Waals surface area (Å²) in [5.74, 6) is 0. The molecule has 32 heavy (non-hydrogen) atoms. The van der Waals surface area contributed by atoms with Gasteiger partial charge < -0.3 is 10.0 Å². The van der Waals surface area contributed by atoms with Crippen molar-refractivity contribution >= 4 is 11.3 Å². The van der Waals surface area contributed by atoms with Crippen molar-refractivity contribution in [3.8, 4) is 16.3 Å². The molecule has 1 saturated heterocycles. The van der Waals surface area contributed by atoms with Gasteiger partial charge in [0.2, 0.25) is 0 Å². The molecule has 0 radical (unpaired) electrons. The molecule has 7 nitrogen and oxygen atoms in total. The maximum absolute atomic E-state index is 13.5. The predicted molar refractivity (Wildman–Crippen MR) is 129 cm³/mol. The fraction of sp³-hybridized carbons (Fsp3) is 0.417. The van der Waals surface area contributed by atoms with Crippen LogP contribution in [0.2, 0.25) is 0 Å². The van der Waals surface area contributed by atoms with E-state index in [1.165, 1.54) is 17.4 Å². The molecule has 3 aromatic rings. The Morgan fingerprint density at radius 1 is 0.969 bits per heavy atom. The number of thiophene rings is 1. The molecule has 4 rings (SSSR count). The average Bonchev–Trinajstić information content (AvgIpc) is 3.18. The van der Waals surface area contributed by atoms with Crippen LogP contribution in [-0.4, -0.2) is 69.9 Å². The molecular formula is C24H30N4O3S. The van der Waals surface area contributed by atoms with Gasteiger partial charge in [0.25, 0.3) is 5.56 Å². The molecule has 0 bridgehead atoms. The number of aliphatic hydroxyl groups is 1. The van der Waals surface area contributed by atoms with E-state index in [-0.39, 0.29) is 6.54 Å². The molecule has 1 atom stereocenters. The maximum Gasteiger partial charge on any atom is 0.336 e. The summed E-state index contributed by atoms with van der Waals surface area (Å²) in [6.07, 6.45) is -0.799. The van der Waals surface area contributed by atoms with Crippen molar-refractivity contribution in [2.75, 3.05) is 39.8 Å². The highest BCUT2D eigenvalue weighted by atomic mass is 32.1. The van der Waals surface area contributed by atoms with Gasteiger partial charge in [0, 0.05) is 38.8 Å². The molecule has 8 heteroatoms. The van der Waals surface area contributed by atoms with Gasteiger partial charge in [-0.25, -0.2) is 4.79 Å². The zero-order valence-corrected chi connectivity index (χ0v) is 19.6. The first-order chi connectivity index (χ1) is 15.3. The number of nitrogens with zero attached hydrogens (tertiary/aromatic N) is 4. The van der Waals surface area contributed by atoms with E-state index in [1.807, 2.05) is 49.6 Å². The Bertz CT molecular complexity index is 1190. The highest BCUT2D eigenvalue weighted by Gasteiger charge is 2.21. The minimum atomic E-state index is -0.799. The van der Waals surface area contributed by atoms with Crippen LogP contribution >= 0.6 is 11.3 Å². The largest absolute Gasteiger partial charge is 0.390 e. The van der Waals surface area contributed by atoms with Gasteiger partial charge in [-0.05, 0) is 43.5 Å². The van der Waals surface area contributed by atoms with E-state index in [0.29, 0.717) is 12.2 Å². The number of β-amino-alcohol motifs (C(OH)–C–C–N with tert-alkyl or cyclic N) is 1. The molecule has 0 spiro atoms. The lowest BCUT2D eigenvalue weighted by molar-refractivity contribution is 0.0696. The van der Waals surface area contributed by atoms with Crippen LogP contribution in [0.4, 0.5) is 0 Å². The lowest BCUT2D eigenvalue weighted by atomic mass is 10.1. The average molecular weight is 455 g/mol. The van der Waals surface area contributed by atoms with Gasteiger partial charge in [-0.1, -0.05) is 29.8 Å². The second kappa shape index (κ2) is 9.54. The minimum Gasteiger partial charge on any atom is -0.390 e. The molecule has 0 saturated carbocycles. The van der Waals surface area contributed by atoms with Crippen molar-refractivity contribution in [2.24, 2.45) is 0 Å². The summed E-state index contributed by atoms with van der Waals surface area (Å²) in [5, 5.41) is 13.4. The van der Waals surface area contributed by atoms with Crippen molar-refractivity contribution in [3.63, 3.8) is 0 Å². The first-order valence-electron chi connectivity index (χ1n) is 10.9. The molecule has 1 unspecified atom stereocenters. The minimum absolute atomic E-state index is 0.0253. The number of aromatic nitrogens is 2. The summed E-state index contributed by atoms with van der Waals surface area (Å²) in [5.41, 5.74) is 2.71. The number of hydrogen-bond acceptors (Lipinski definition) is 6. The number of likely N-dealkylation sites (N-methyl/N-ethyl adjacent to an activating group) is 1. The fourth-order valence-corrected chi connectivity index (χ4v) is 4.94. The van der Waals surface area contributed by atoms with E-state index in [4.69, 9.17) is 0 Å². The summed E-state index contributed by atoms with van der Waals surface area (Å²) in [4.78, 5) is 30.9. The lowest BCUT2D eigenvalue weighted by Gasteiger charge is -2.33. The highest BCUT2D eigenvalue weighted by Crippen LogP contribution is 2.24. The van der Waals surface area contributed by atoms with Crippen LogP contribution in [0.3, 0.4) is 0 Å². The van der Waals surface area contributed by atoms with Gasteiger partial charge >= 0.3 is 5.69 Å². The molecule has 2 aromatic heterocycles. The van der Waals surface area contributed by atoms with Crippen LogP contribution < -0.4 is 11.2 Å². The molecule has 3 heterocycles. The van der Waals surface area contributed by atoms with Gasteiger partial charge in [-0.15, -0.1) is 11.3 Å². The standard InChI is InChI=1S/C24H30N4O3S/c1-17-4-6-19(7-5-17)21-13-22(30)27(24(31)28(21)23-12-18(2)16-32-23)15-20(29)14-26-10-8-25(3)9-11-26/h4-7,12-13,16,20,29H,8-11,14-15H2,1-3H3. The number of aryl methyl sites for hydroxylation is 2. The lowest BCUT2D eigenvalue weighted by Crippen LogP contribution is -2.49. The normalized spacial score (nSPS) is 16.4. The molecule has 1 aliphatic rings. The van der Waals surface area contributed by atoms with E-state index >= 15 is 0 Å². The molecule has 170 valence electrons. The van der Waals surface area contributed by atoms with E-state index in [1.54, 1.807) is 4.57 Å². The zero-order valence-electron chi connectivity index (χ0n) is 18.8. The molecule has 1 N–H and O–H groups in total. The molecular weight excluding hydrogens is 424 g/mol. The van der Waals surface area contributed by atoms with Gasteiger partial charge in [0.05, 0.1) is 18.3 Å². The number of benzene rings is 1. The summed E-state index contributed by atoms with van der Waals surface area (Å²) < 4.78 is 2.75. The Kier molecular flexibility index (Phi) is 6.76. The monoisotopic (exact) mass is 454 g/mol. The Morgan fingerprint density at radius 3 is 2.28 bits per heavy atom. The second-order valence-corrected chi connectivity index (χ2v) is 9.57. The summed E-state index contributed by atoms with van der Waals surface area (Å²) in [7, 11) is 2.08. The van der Waals surface area contributed by atoms with Crippen LogP contribution in [0.1, 0.15) is 11.1 Å². The maximum atomic E-state index is 13.5. The van der Waals surface area contributed by atoms with Gasteiger partial charge in [-0.2, -0.15) is 0 Å². The smallest absolute Gasteiger partial charge is 0.336 e. The third-order valence-electron chi connectivity index (χ3n) is 5.93. The summed E-state index contributed by atoms with van der Waals surface area (Å²) in [6.45, 7) is 8.03. The van der Waals surface area contributed by atoms with Crippen LogP contribution in [-0.2, 0) is 6.54 Å². The van der Waals surface area contributed by atoms with Crippen LogP contribution in [0.5, 0.6) is 0 Å². The first kappa shape index (κ1) is 22.7. The van der Waals surface area contributed by atoms with Gasteiger partial charge in [-0.3, -0.25) is 18.8 Å². The molecule has 1 aromatic carbocycles. The number of aliphatic hydroxyl groups excluding tert-OH is 1. The van der Waals surface area contributed by atoms with Gasteiger partial charge in [0.15, 0.2) is 0 Å². The number of piperazine rings is 1. The van der Waals surface area contributed by atoms with E-state index in [2.05, 4.69) is 16.8 Å². The second-order valence-electron chi connectivity index (χ2n) is 8.68. The number of rotatable bonds is 6. The number of hydrogen-bond donors (Lipinski definition) is 1. The third kappa shape index (κ3) is 4.94. The summed E-state index contributed by atoms with van der Waals surface area (Å²) in [6, 6.07) is 11.2. The van der Waals surface area contributed by atoms with Crippen molar-refractivity contribution in [1.29, 1.82) is 0 Å². The fourth-order valence-electron chi connectivity index (χ4n) is 4.03. The van der Waals surface area contributed by atoms with E-state index in [0.717, 1.165) is 52.4 Å². The Morgan fingerprint density at radius 2 is 1.66 bits per heavy atom. The molecule has 1 aliphatic heterocycles. The molecule has 0 amide bonds. The van der Waals surface area contributed by atoms with E-state index < -0.39 is 17.4 Å².